The first kappa shape index (κ1) is 20.5. The molecule has 1 N–H and O–H groups in total. The molecule has 7 nitrogen and oxygen atoms in total. The number of aromatic nitrogens is 3. The average molecular weight is 432 g/mol. The second kappa shape index (κ2) is 8.30. The molecule has 5 rings (SSSR count). The highest BCUT2D eigenvalue weighted by Crippen LogP contribution is 2.33. The van der Waals surface area contributed by atoms with Crippen LogP contribution in [-0.4, -0.2) is 52.8 Å². The van der Waals surface area contributed by atoms with Crippen LogP contribution in [0, 0.1) is 11.8 Å². The number of rotatable bonds is 6. The van der Waals surface area contributed by atoms with Gasteiger partial charge in [0.15, 0.2) is 0 Å². The van der Waals surface area contributed by atoms with Crippen molar-refractivity contribution in [1.29, 1.82) is 0 Å². The number of nitrogens with one attached hydrogen (secondary N) is 1. The molecule has 3 aromatic rings. The average Bonchev–Trinajstić information content (AvgIpc) is 3.45. The number of likely N-dealkylation sites (tertiary alicyclic amines) is 1. The van der Waals surface area contributed by atoms with E-state index in [1.807, 2.05) is 43.3 Å². The van der Waals surface area contributed by atoms with Crippen molar-refractivity contribution in [2.75, 3.05) is 32.1 Å². The lowest BCUT2D eigenvalue weighted by Crippen LogP contribution is -2.30. The van der Waals surface area contributed by atoms with Crippen molar-refractivity contribution in [2.24, 2.45) is 11.8 Å². The number of hydrogen-bond acceptors (Lipinski definition) is 4. The number of H-pyrrole nitrogens is 1. The zero-order chi connectivity index (χ0) is 22.2. The molecule has 1 aromatic heterocycles. The Labute approximate surface area is 187 Å². The summed E-state index contributed by atoms with van der Waals surface area (Å²) in [7, 11) is 4.05. The Balaban J connectivity index is 1.32. The van der Waals surface area contributed by atoms with Crippen LogP contribution < -0.4 is 10.6 Å². The first-order valence-corrected chi connectivity index (χ1v) is 11.3. The smallest absolute Gasteiger partial charge is 0.347 e. The third-order valence-corrected chi connectivity index (χ3v) is 6.58. The molecular weight excluding hydrogens is 402 g/mol. The second-order valence-corrected chi connectivity index (χ2v) is 9.19. The SMILES string of the molecule is CN(C)c1ccc(-c2ccc(-n3c(CC4CCN(C(=O)C5CC5)C4)n[nH]c3=O)cc2)cc1. The summed E-state index contributed by atoms with van der Waals surface area (Å²) >= 11 is 0. The minimum atomic E-state index is -0.230. The molecule has 2 aliphatic rings. The molecule has 2 aromatic carbocycles. The van der Waals surface area contributed by atoms with Crippen molar-refractivity contribution >= 4 is 11.6 Å². The molecule has 1 atom stereocenters. The van der Waals surface area contributed by atoms with E-state index in [0.717, 1.165) is 60.7 Å². The number of carbonyl (C=O) groups excluding carboxylic acids is 1. The Morgan fingerprint density at radius 1 is 1.03 bits per heavy atom. The van der Waals surface area contributed by atoms with E-state index < -0.39 is 0 Å². The van der Waals surface area contributed by atoms with Crippen LogP contribution in [0.3, 0.4) is 0 Å². The summed E-state index contributed by atoms with van der Waals surface area (Å²) in [5.74, 6) is 1.63. The molecule has 0 spiro atoms. The van der Waals surface area contributed by atoms with Crippen LogP contribution in [0.5, 0.6) is 0 Å². The van der Waals surface area contributed by atoms with Crippen molar-refractivity contribution in [1.82, 2.24) is 19.7 Å². The topological polar surface area (TPSA) is 74.2 Å². The first-order chi connectivity index (χ1) is 15.5. The summed E-state index contributed by atoms with van der Waals surface area (Å²) in [4.78, 5) is 28.9. The third-order valence-electron chi connectivity index (χ3n) is 6.58. The van der Waals surface area contributed by atoms with Gasteiger partial charge in [0.05, 0.1) is 5.69 Å². The molecule has 2 fully saturated rings. The van der Waals surface area contributed by atoms with E-state index >= 15 is 0 Å². The van der Waals surface area contributed by atoms with Gasteiger partial charge < -0.3 is 9.80 Å². The zero-order valence-electron chi connectivity index (χ0n) is 18.6. The maximum absolute atomic E-state index is 12.5. The summed E-state index contributed by atoms with van der Waals surface area (Å²) in [5, 5.41) is 6.90. The Morgan fingerprint density at radius 3 is 2.31 bits per heavy atom. The third kappa shape index (κ3) is 4.07. The van der Waals surface area contributed by atoms with Gasteiger partial charge in [-0.1, -0.05) is 24.3 Å². The first-order valence-electron chi connectivity index (χ1n) is 11.3. The fourth-order valence-electron chi connectivity index (χ4n) is 4.53. The largest absolute Gasteiger partial charge is 0.378 e. The number of carbonyl (C=O) groups is 1. The maximum atomic E-state index is 12.5. The van der Waals surface area contributed by atoms with Gasteiger partial charge in [-0.3, -0.25) is 4.79 Å². The predicted octanol–water partition coefficient (Wildman–Crippen LogP) is 3.09. The number of nitrogens with zero attached hydrogens (tertiary/aromatic N) is 4. The summed E-state index contributed by atoms with van der Waals surface area (Å²) in [6, 6.07) is 16.4. The standard InChI is InChI=1S/C25H29N5O2/c1-28(2)21-9-5-18(6-10-21)19-7-11-22(12-8-19)30-23(26-27-25(30)32)15-17-13-14-29(16-17)24(31)20-3-4-20/h5-12,17,20H,3-4,13-16H2,1-2H3,(H,27,32). The Morgan fingerprint density at radius 2 is 1.69 bits per heavy atom. The quantitative estimate of drug-likeness (QED) is 0.651. The number of hydrogen-bond donors (Lipinski definition) is 1. The second-order valence-electron chi connectivity index (χ2n) is 9.19. The van der Waals surface area contributed by atoms with Gasteiger partial charge in [-0.25, -0.2) is 14.5 Å². The fourth-order valence-corrected chi connectivity index (χ4v) is 4.53. The normalized spacial score (nSPS) is 18.2. The van der Waals surface area contributed by atoms with Gasteiger partial charge in [-0.05, 0) is 60.6 Å². The van der Waals surface area contributed by atoms with Crippen LogP contribution in [0.1, 0.15) is 25.1 Å². The molecule has 1 saturated heterocycles. The van der Waals surface area contributed by atoms with Crippen LogP contribution >= 0.6 is 0 Å². The van der Waals surface area contributed by atoms with Crippen molar-refractivity contribution in [2.45, 2.75) is 25.7 Å². The van der Waals surface area contributed by atoms with E-state index in [2.05, 4.69) is 39.4 Å². The van der Waals surface area contributed by atoms with Gasteiger partial charge in [0.2, 0.25) is 5.91 Å². The minimum Gasteiger partial charge on any atom is -0.378 e. The molecule has 32 heavy (non-hydrogen) atoms. The van der Waals surface area contributed by atoms with E-state index in [1.165, 1.54) is 0 Å². The van der Waals surface area contributed by atoms with Gasteiger partial charge in [-0.2, -0.15) is 5.10 Å². The minimum absolute atomic E-state index is 0.230. The lowest BCUT2D eigenvalue weighted by atomic mass is 10.0. The summed E-state index contributed by atoms with van der Waals surface area (Å²) < 4.78 is 1.66. The highest BCUT2D eigenvalue weighted by Gasteiger charge is 2.36. The van der Waals surface area contributed by atoms with Crippen LogP contribution in [0.15, 0.2) is 53.3 Å². The van der Waals surface area contributed by atoms with Crippen molar-refractivity contribution in [3.8, 4) is 16.8 Å². The molecule has 7 heteroatoms. The Hall–Kier alpha value is -3.35. The predicted molar refractivity (Wildman–Crippen MR) is 125 cm³/mol. The molecule has 1 aliphatic heterocycles. The van der Waals surface area contributed by atoms with E-state index in [0.29, 0.717) is 18.2 Å². The summed E-state index contributed by atoms with van der Waals surface area (Å²) in [6.07, 6.45) is 3.71. The number of amides is 1. The van der Waals surface area contributed by atoms with E-state index in [4.69, 9.17) is 0 Å². The number of aromatic amines is 1. The van der Waals surface area contributed by atoms with Gasteiger partial charge in [0.1, 0.15) is 5.82 Å². The van der Waals surface area contributed by atoms with E-state index in [9.17, 15) is 9.59 Å². The molecule has 0 bridgehead atoms. The van der Waals surface area contributed by atoms with Crippen LogP contribution in [0.2, 0.25) is 0 Å². The lowest BCUT2D eigenvalue weighted by molar-refractivity contribution is -0.131. The van der Waals surface area contributed by atoms with Crippen LogP contribution in [0.25, 0.3) is 16.8 Å². The zero-order valence-corrected chi connectivity index (χ0v) is 18.6. The fraction of sp³-hybridized carbons (Fsp3) is 0.400. The molecule has 1 aliphatic carbocycles. The number of anilines is 1. The molecule has 1 amide bonds. The lowest BCUT2D eigenvalue weighted by Gasteiger charge is -2.16. The summed E-state index contributed by atoms with van der Waals surface area (Å²) in [5.41, 5.74) is 3.96. The van der Waals surface area contributed by atoms with Gasteiger partial charge in [0, 0.05) is 45.2 Å². The summed E-state index contributed by atoms with van der Waals surface area (Å²) in [6.45, 7) is 1.58. The molecule has 1 unspecified atom stereocenters. The highest BCUT2D eigenvalue weighted by atomic mass is 16.2. The molecule has 166 valence electrons. The van der Waals surface area contributed by atoms with Crippen molar-refractivity contribution < 1.29 is 4.79 Å². The molecular formula is C25H29N5O2. The Bertz CT molecular complexity index is 1160. The maximum Gasteiger partial charge on any atom is 0.347 e. The van der Waals surface area contributed by atoms with Gasteiger partial charge in [0.25, 0.3) is 0 Å². The van der Waals surface area contributed by atoms with Gasteiger partial charge in [-0.15, -0.1) is 0 Å². The van der Waals surface area contributed by atoms with Crippen LogP contribution in [0.4, 0.5) is 5.69 Å². The highest BCUT2D eigenvalue weighted by molar-refractivity contribution is 5.81. The van der Waals surface area contributed by atoms with Crippen LogP contribution in [-0.2, 0) is 11.2 Å². The van der Waals surface area contributed by atoms with Crippen molar-refractivity contribution in [3.05, 3.63) is 64.8 Å². The molecule has 0 radical (unpaired) electrons. The van der Waals surface area contributed by atoms with E-state index in [-0.39, 0.29) is 11.6 Å². The molecule has 2 heterocycles. The molecule has 1 saturated carbocycles. The number of benzene rings is 2. The monoisotopic (exact) mass is 431 g/mol. The van der Waals surface area contributed by atoms with Gasteiger partial charge >= 0.3 is 5.69 Å². The van der Waals surface area contributed by atoms with E-state index in [1.54, 1.807) is 4.57 Å². The Kier molecular flexibility index (Phi) is 5.33. The van der Waals surface area contributed by atoms with Crippen molar-refractivity contribution in [3.63, 3.8) is 0 Å².